The van der Waals surface area contributed by atoms with Gasteiger partial charge in [-0.3, -0.25) is 0 Å². The summed E-state index contributed by atoms with van der Waals surface area (Å²) in [6.07, 6.45) is 4.94. The SMILES string of the molecule is CC(C)(C)OC(=O)NC1CCCC1.N#CCC=O. The Kier molecular flexibility index (Phi) is 7.77. The van der Waals surface area contributed by atoms with Crippen molar-refractivity contribution in [3.05, 3.63) is 0 Å². The molecule has 0 aromatic heterocycles. The normalized spacial score (nSPS) is 15.0. The van der Waals surface area contributed by atoms with Gasteiger partial charge in [0.1, 0.15) is 11.9 Å². The first-order valence-corrected chi connectivity index (χ1v) is 6.19. The number of carbonyl (C=O) groups excluding carboxylic acids is 2. The smallest absolute Gasteiger partial charge is 0.407 e. The van der Waals surface area contributed by atoms with Gasteiger partial charge in [-0.15, -0.1) is 0 Å². The van der Waals surface area contributed by atoms with Crippen LogP contribution in [0.1, 0.15) is 52.9 Å². The van der Waals surface area contributed by atoms with E-state index >= 15 is 0 Å². The number of hydrogen-bond acceptors (Lipinski definition) is 4. The van der Waals surface area contributed by atoms with Gasteiger partial charge in [-0.1, -0.05) is 12.8 Å². The number of hydrogen-bond donors (Lipinski definition) is 1. The van der Waals surface area contributed by atoms with Crippen molar-refractivity contribution in [3.63, 3.8) is 0 Å². The van der Waals surface area contributed by atoms with Gasteiger partial charge in [-0.2, -0.15) is 5.26 Å². The number of amides is 1. The van der Waals surface area contributed by atoms with Crippen LogP contribution >= 0.6 is 0 Å². The van der Waals surface area contributed by atoms with E-state index in [-0.39, 0.29) is 18.1 Å². The molecular weight excluding hydrogens is 232 g/mol. The predicted molar refractivity (Wildman–Crippen MR) is 67.9 cm³/mol. The number of carbonyl (C=O) groups is 2. The van der Waals surface area contributed by atoms with Crippen molar-refractivity contribution in [1.29, 1.82) is 5.26 Å². The van der Waals surface area contributed by atoms with Gasteiger partial charge in [0.15, 0.2) is 0 Å². The maximum atomic E-state index is 11.3. The predicted octanol–water partition coefficient (Wildman–Crippen LogP) is 2.55. The average Bonchev–Trinajstić information content (AvgIpc) is 2.69. The minimum absolute atomic E-state index is 0.0139. The van der Waals surface area contributed by atoms with Gasteiger partial charge in [0, 0.05) is 6.04 Å². The molecule has 1 saturated carbocycles. The fourth-order valence-electron chi connectivity index (χ4n) is 1.58. The Balaban J connectivity index is 0.000000494. The zero-order valence-corrected chi connectivity index (χ0v) is 11.4. The van der Waals surface area contributed by atoms with Crippen LogP contribution in [0.15, 0.2) is 0 Å². The van der Waals surface area contributed by atoms with Crippen LogP contribution in [-0.4, -0.2) is 24.0 Å². The van der Waals surface area contributed by atoms with Gasteiger partial charge in [0.05, 0.1) is 12.5 Å². The highest BCUT2D eigenvalue weighted by Crippen LogP contribution is 2.18. The van der Waals surface area contributed by atoms with Crippen LogP contribution in [0.2, 0.25) is 0 Å². The molecule has 102 valence electrons. The van der Waals surface area contributed by atoms with Crippen LogP contribution in [-0.2, 0) is 9.53 Å². The zero-order chi connectivity index (χ0) is 14.0. The molecule has 1 amide bonds. The molecule has 5 nitrogen and oxygen atoms in total. The summed E-state index contributed by atoms with van der Waals surface area (Å²) in [5.41, 5.74) is -0.386. The van der Waals surface area contributed by atoms with Crippen molar-refractivity contribution >= 4 is 12.4 Å². The lowest BCUT2D eigenvalue weighted by Crippen LogP contribution is -2.37. The highest BCUT2D eigenvalue weighted by atomic mass is 16.6. The van der Waals surface area contributed by atoms with Gasteiger partial charge in [-0.05, 0) is 33.6 Å². The molecule has 1 fully saturated rings. The molecule has 0 bridgehead atoms. The maximum Gasteiger partial charge on any atom is 0.407 e. The Hall–Kier alpha value is -1.57. The third-order valence-electron chi connectivity index (χ3n) is 2.25. The quantitative estimate of drug-likeness (QED) is 0.768. The summed E-state index contributed by atoms with van der Waals surface area (Å²) in [6, 6.07) is 1.99. The fraction of sp³-hybridized carbons (Fsp3) is 0.769. The highest BCUT2D eigenvalue weighted by Gasteiger charge is 2.21. The van der Waals surface area contributed by atoms with E-state index in [2.05, 4.69) is 5.32 Å². The molecule has 1 N–H and O–H groups in total. The lowest BCUT2D eigenvalue weighted by Gasteiger charge is -2.21. The molecule has 0 aromatic rings. The first kappa shape index (κ1) is 16.4. The Bertz CT molecular complexity index is 296. The summed E-state index contributed by atoms with van der Waals surface area (Å²) in [5.74, 6) is 0. The molecule has 0 heterocycles. The Morgan fingerprint density at radius 1 is 1.44 bits per heavy atom. The summed E-state index contributed by atoms with van der Waals surface area (Å²) in [4.78, 5) is 20.5. The summed E-state index contributed by atoms with van der Waals surface area (Å²) in [6.45, 7) is 5.63. The van der Waals surface area contributed by atoms with E-state index in [9.17, 15) is 9.59 Å². The third-order valence-corrected chi connectivity index (χ3v) is 2.25. The van der Waals surface area contributed by atoms with E-state index in [1.807, 2.05) is 20.8 Å². The van der Waals surface area contributed by atoms with Crippen molar-refractivity contribution in [2.24, 2.45) is 0 Å². The molecule has 18 heavy (non-hydrogen) atoms. The van der Waals surface area contributed by atoms with E-state index in [0.717, 1.165) is 12.8 Å². The van der Waals surface area contributed by atoms with Crippen LogP contribution in [0.4, 0.5) is 4.79 Å². The van der Waals surface area contributed by atoms with E-state index in [1.54, 1.807) is 6.07 Å². The van der Waals surface area contributed by atoms with Gasteiger partial charge in [0.2, 0.25) is 0 Å². The van der Waals surface area contributed by atoms with E-state index in [1.165, 1.54) is 12.8 Å². The first-order chi connectivity index (χ1) is 8.39. The minimum Gasteiger partial charge on any atom is -0.444 e. The molecule has 1 aliphatic carbocycles. The number of nitriles is 1. The largest absolute Gasteiger partial charge is 0.444 e. The number of alkyl carbamates (subject to hydrolysis) is 1. The van der Waals surface area contributed by atoms with Crippen LogP contribution in [0, 0.1) is 11.3 Å². The molecule has 0 aromatic carbocycles. The lowest BCUT2D eigenvalue weighted by atomic mass is 10.2. The van der Waals surface area contributed by atoms with Crippen molar-refractivity contribution in [1.82, 2.24) is 5.32 Å². The number of nitrogens with one attached hydrogen (secondary N) is 1. The number of rotatable bonds is 2. The molecule has 0 atom stereocenters. The Morgan fingerprint density at radius 3 is 2.33 bits per heavy atom. The molecule has 0 radical (unpaired) electrons. The molecule has 1 rings (SSSR count). The minimum atomic E-state index is -0.386. The van der Waals surface area contributed by atoms with Crippen molar-refractivity contribution in [3.8, 4) is 6.07 Å². The van der Waals surface area contributed by atoms with E-state index < -0.39 is 0 Å². The van der Waals surface area contributed by atoms with Gasteiger partial charge in [-0.25, -0.2) is 4.79 Å². The summed E-state index contributed by atoms with van der Waals surface area (Å²) in [5, 5.41) is 10.5. The molecule has 5 heteroatoms. The molecule has 0 aliphatic heterocycles. The summed E-state index contributed by atoms with van der Waals surface area (Å²) < 4.78 is 5.15. The van der Waals surface area contributed by atoms with E-state index in [0.29, 0.717) is 12.3 Å². The third kappa shape index (κ3) is 9.64. The molecule has 0 saturated heterocycles. The number of ether oxygens (including phenoxy) is 1. The first-order valence-electron chi connectivity index (χ1n) is 6.19. The second kappa shape index (κ2) is 8.51. The number of aldehydes is 1. The molecule has 0 spiro atoms. The molecule has 0 unspecified atom stereocenters. The van der Waals surface area contributed by atoms with Crippen molar-refractivity contribution < 1.29 is 14.3 Å². The second-order valence-electron chi connectivity index (χ2n) is 5.16. The molecule has 1 aliphatic rings. The van der Waals surface area contributed by atoms with Gasteiger partial charge < -0.3 is 14.8 Å². The van der Waals surface area contributed by atoms with E-state index in [4.69, 9.17) is 10.00 Å². The lowest BCUT2D eigenvalue weighted by molar-refractivity contribution is -0.107. The number of nitrogens with zero attached hydrogens (tertiary/aromatic N) is 1. The topological polar surface area (TPSA) is 79.2 Å². The van der Waals surface area contributed by atoms with Crippen LogP contribution in [0.3, 0.4) is 0 Å². The summed E-state index contributed by atoms with van der Waals surface area (Å²) in [7, 11) is 0. The van der Waals surface area contributed by atoms with Crippen molar-refractivity contribution in [2.45, 2.75) is 64.5 Å². The maximum absolute atomic E-state index is 11.3. The zero-order valence-electron chi connectivity index (χ0n) is 11.4. The van der Waals surface area contributed by atoms with Crippen LogP contribution in [0.5, 0.6) is 0 Å². The Labute approximate surface area is 108 Å². The van der Waals surface area contributed by atoms with Crippen LogP contribution in [0.25, 0.3) is 0 Å². The summed E-state index contributed by atoms with van der Waals surface area (Å²) >= 11 is 0. The standard InChI is InChI=1S/C10H19NO2.C3H3NO/c1-10(2,3)13-9(12)11-8-6-4-5-7-8;4-2-1-3-5/h8H,4-7H2,1-3H3,(H,11,12);3H,1H2. The average molecular weight is 254 g/mol. The van der Waals surface area contributed by atoms with Gasteiger partial charge >= 0.3 is 6.09 Å². The van der Waals surface area contributed by atoms with Gasteiger partial charge in [0.25, 0.3) is 0 Å². The fourth-order valence-corrected chi connectivity index (χ4v) is 1.58. The highest BCUT2D eigenvalue weighted by molar-refractivity contribution is 5.68. The molecular formula is C13H22N2O3. The Morgan fingerprint density at radius 2 is 2.00 bits per heavy atom. The second-order valence-corrected chi connectivity index (χ2v) is 5.16. The van der Waals surface area contributed by atoms with Crippen LogP contribution < -0.4 is 5.32 Å². The van der Waals surface area contributed by atoms with Crippen molar-refractivity contribution in [2.75, 3.05) is 0 Å². The monoisotopic (exact) mass is 254 g/mol.